The van der Waals surface area contributed by atoms with Crippen LogP contribution >= 0.6 is 0 Å². The molecule has 2 amide bonds. The molecule has 2 heterocycles. The maximum atomic E-state index is 14.0. The highest BCUT2D eigenvalue weighted by Gasteiger charge is 2.20. The predicted octanol–water partition coefficient (Wildman–Crippen LogP) is 5.51. The van der Waals surface area contributed by atoms with Gasteiger partial charge in [0.25, 0.3) is 11.5 Å². The van der Waals surface area contributed by atoms with Crippen molar-refractivity contribution in [2.75, 3.05) is 26.5 Å². The summed E-state index contributed by atoms with van der Waals surface area (Å²) in [5.41, 5.74) is 5.96. The molecule has 226 valence electrons. The molecule has 2 N–H and O–H groups in total. The molecule has 2 aromatic heterocycles. The van der Waals surface area contributed by atoms with Crippen molar-refractivity contribution in [1.29, 1.82) is 0 Å². The van der Waals surface area contributed by atoms with Gasteiger partial charge in [0, 0.05) is 42.5 Å². The fraction of sp³-hybridized carbons (Fsp3) is 0.229. The highest BCUT2D eigenvalue weighted by atomic mass is 19.1. The average molecular weight is 594 g/mol. The third-order valence-corrected chi connectivity index (χ3v) is 8.00. The Labute approximate surface area is 255 Å². The van der Waals surface area contributed by atoms with Crippen molar-refractivity contribution < 1.29 is 14.0 Å². The van der Waals surface area contributed by atoms with Gasteiger partial charge >= 0.3 is 0 Å². The smallest absolute Gasteiger partial charge is 0.275 e. The molecule has 3 aromatic carbocycles. The number of nitrogens with one attached hydrogen (secondary N) is 2. The number of amides is 2. The molecule has 0 fully saturated rings. The van der Waals surface area contributed by atoms with E-state index in [4.69, 9.17) is 0 Å². The zero-order valence-electron chi connectivity index (χ0n) is 25.7. The van der Waals surface area contributed by atoms with Crippen molar-refractivity contribution in [2.24, 2.45) is 0 Å². The molecule has 5 rings (SSSR count). The Bertz CT molecular complexity index is 1960. The van der Waals surface area contributed by atoms with E-state index in [0.29, 0.717) is 11.3 Å². The van der Waals surface area contributed by atoms with E-state index in [1.54, 1.807) is 63.0 Å². The van der Waals surface area contributed by atoms with Crippen LogP contribution in [-0.2, 0) is 11.3 Å². The number of halogens is 1. The number of fused-ring (bicyclic) bond motifs is 1. The lowest BCUT2D eigenvalue weighted by molar-refractivity contribution is -0.117. The van der Waals surface area contributed by atoms with Crippen LogP contribution in [0.4, 0.5) is 10.1 Å². The predicted molar refractivity (Wildman–Crippen MR) is 173 cm³/mol. The third kappa shape index (κ3) is 5.78. The van der Waals surface area contributed by atoms with Crippen LogP contribution in [0.1, 0.15) is 34.0 Å². The number of benzene rings is 3. The summed E-state index contributed by atoms with van der Waals surface area (Å²) in [7, 11) is 5.08. The van der Waals surface area contributed by atoms with E-state index in [1.165, 1.54) is 17.0 Å². The van der Waals surface area contributed by atoms with Crippen LogP contribution < -0.4 is 16.2 Å². The lowest BCUT2D eigenvalue weighted by atomic mass is 9.98. The Morgan fingerprint density at radius 2 is 1.73 bits per heavy atom. The minimum absolute atomic E-state index is 0.134. The summed E-state index contributed by atoms with van der Waals surface area (Å²) in [5, 5.41) is 6.48. The van der Waals surface area contributed by atoms with Gasteiger partial charge in [0.1, 0.15) is 11.5 Å². The first kappa shape index (κ1) is 30.4. The van der Waals surface area contributed by atoms with E-state index in [0.717, 1.165) is 38.8 Å². The zero-order chi connectivity index (χ0) is 31.7. The van der Waals surface area contributed by atoms with Gasteiger partial charge in [0.15, 0.2) is 0 Å². The fourth-order valence-electron chi connectivity index (χ4n) is 5.39. The topological polar surface area (TPSA) is 88.4 Å². The zero-order valence-corrected chi connectivity index (χ0v) is 25.7. The summed E-state index contributed by atoms with van der Waals surface area (Å²) in [6.45, 7) is 5.73. The van der Waals surface area contributed by atoms with E-state index in [1.807, 2.05) is 54.9 Å². The van der Waals surface area contributed by atoms with Gasteiger partial charge < -0.3 is 24.7 Å². The Morgan fingerprint density at radius 3 is 2.45 bits per heavy atom. The monoisotopic (exact) mass is 593 g/mol. The molecule has 0 aliphatic rings. The molecule has 9 heteroatoms. The van der Waals surface area contributed by atoms with E-state index >= 15 is 0 Å². The Morgan fingerprint density at radius 1 is 0.977 bits per heavy atom. The highest BCUT2D eigenvalue weighted by molar-refractivity contribution is 5.97. The SMILES string of the molecule is CN[C@@H](C)C(=O)Nc1ccc(-c2cccc(C(=O)N(C)C)c2C)n(Cc2cccc(-n3cc(C)c4cc(F)ccc43)c2)c1=O. The number of aryl methyl sites for hydroxylation is 1. The minimum atomic E-state index is -0.497. The Hall–Kier alpha value is -5.02. The number of rotatable bonds is 8. The lowest BCUT2D eigenvalue weighted by Crippen LogP contribution is -2.37. The molecule has 44 heavy (non-hydrogen) atoms. The molecule has 0 saturated carbocycles. The van der Waals surface area contributed by atoms with E-state index in [2.05, 4.69) is 10.6 Å². The number of pyridine rings is 1. The standard InChI is InChI=1S/C35H36FN5O3/c1-21-19-40(32-15-13-25(36)18-29(21)32)26-10-7-9-24(17-26)20-41-31(16-14-30(35(41)44)38-33(42)23(3)37-4)27-11-8-12-28(22(27)2)34(43)39(5)6/h7-19,23,37H,20H2,1-6H3,(H,38,42)/t23-/m0/s1. The van der Waals surface area contributed by atoms with E-state index < -0.39 is 6.04 Å². The summed E-state index contributed by atoms with van der Waals surface area (Å²) in [5.74, 6) is -0.751. The minimum Gasteiger partial charge on any atom is -0.345 e. The van der Waals surface area contributed by atoms with Crippen molar-refractivity contribution in [2.45, 2.75) is 33.4 Å². The first-order chi connectivity index (χ1) is 21.0. The van der Waals surface area contributed by atoms with Crippen molar-refractivity contribution >= 4 is 28.4 Å². The fourth-order valence-corrected chi connectivity index (χ4v) is 5.39. The number of aromatic nitrogens is 2. The molecule has 1 atom stereocenters. The number of hydrogen-bond donors (Lipinski definition) is 2. The average Bonchev–Trinajstić information content (AvgIpc) is 3.34. The van der Waals surface area contributed by atoms with Crippen LogP contribution in [0.5, 0.6) is 0 Å². The molecular weight excluding hydrogens is 557 g/mol. The molecule has 5 aromatic rings. The van der Waals surface area contributed by atoms with Crippen LogP contribution in [0.15, 0.2) is 83.8 Å². The van der Waals surface area contributed by atoms with Crippen molar-refractivity contribution in [3.8, 4) is 16.9 Å². The number of likely N-dealkylation sites (N-methyl/N-ethyl adjacent to an activating group) is 1. The first-order valence-corrected chi connectivity index (χ1v) is 14.4. The van der Waals surface area contributed by atoms with Gasteiger partial charge in [-0.3, -0.25) is 14.4 Å². The van der Waals surface area contributed by atoms with Gasteiger partial charge in [0.05, 0.1) is 23.8 Å². The van der Waals surface area contributed by atoms with E-state index in [-0.39, 0.29) is 35.4 Å². The number of nitrogens with zero attached hydrogens (tertiary/aromatic N) is 3. The van der Waals surface area contributed by atoms with Crippen LogP contribution in [-0.4, -0.2) is 53.0 Å². The summed E-state index contributed by atoms with van der Waals surface area (Å²) in [4.78, 5) is 41.2. The Balaban J connectivity index is 1.64. The maximum Gasteiger partial charge on any atom is 0.275 e. The first-order valence-electron chi connectivity index (χ1n) is 14.4. The van der Waals surface area contributed by atoms with Crippen molar-refractivity contribution in [1.82, 2.24) is 19.4 Å². The second-order valence-electron chi connectivity index (χ2n) is 11.2. The molecular formula is C35H36FN5O3. The van der Waals surface area contributed by atoms with Crippen LogP contribution in [0.25, 0.3) is 27.8 Å². The normalized spacial score (nSPS) is 11.9. The van der Waals surface area contributed by atoms with Gasteiger partial charge in [-0.2, -0.15) is 0 Å². The summed E-state index contributed by atoms with van der Waals surface area (Å²) in [6, 6.07) is 20.9. The second-order valence-corrected chi connectivity index (χ2v) is 11.2. The van der Waals surface area contributed by atoms with Gasteiger partial charge in [-0.05, 0) is 93.0 Å². The third-order valence-electron chi connectivity index (χ3n) is 8.00. The van der Waals surface area contributed by atoms with Crippen LogP contribution in [0, 0.1) is 19.7 Å². The maximum absolute atomic E-state index is 14.0. The largest absolute Gasteiger partial charge is 0.345 e. The lowest BCUT2D eigenvalue weighted by Gasteiger charge is -2.20. The number of carbonyl (C=O) groups excluding carboxylic acids is 2. The highest BCUT2D eigenvalue weighted by Crippen LogP contribution is 2.29. The quantitative estimate of drug-likeness (QED) is 0.248. The summed E-state index contributed by atoms with van der Waals surface area (Å²) in [6.07, 6.45) is 1.97. The number of anilines is 1. The van der Waals surface area contributed by atoms with Crippen molar-refractivity contribution in [3.05, 3.63) is 117 Å². The molecule has 0 radical (unpaired) electrons. The van der Waals surface area contributed by atoms with Gasteiger partial charge in [0.2, 0.25) is 5.91 Å². The second kappa shape index (κ2) is 12.3. The van der Waals surface area contributed by atoms with E-state index in [9.17, 15) is 18.8 Å². The summed E-state index contributed by atoms with van der Waals surface area (Å²) < 4.78 is 17.6. The molecule has 0 saturated heterocycles. The number of carbonyl (C=O) groups is 2. The van der Waals surface area contributed by atoms with Crippen molar-refractivity contribution in [3.63, 3.8) is 0 Å². The summed E-state index contributed by atoms with van der Waals surface area (Å²) >= 11 is 0. The molecule has 0 aliphatic heterocycles. The Kier molecular flexibility index (Phi) is 8.51. The molecule has 0 spiro atoms. The molecule has 8 nitrogen and oxygen atoms in total. The van der Waals surface area contributed by atoms with Crippen LogP contribution in [0.2, 0.25) is 0 Å². The molecule has 0 unspecified atom stereocenters. The number of hydrogen-bond acceptors (Lipinski definition) is 4. The molecule has 0 bridgehead atoms. The molecule has 0 aliphatic carbocycles. The van der Waals surface area contributed by atoms with Gasteiger partial charge in [-0.25, -0.2) is 4.39 Å². The van der Waals surface area contributed by atoms with Gasteiger partial charge in [-0.1, -0.05) is 24.3 Å². The van der Waals surface area contributed by atoms with Gasteiger partial charge in [-0.15, -0.1) is 0 Å². The van der Waals surface area contributed by atoms with Crippen LogP contribution in [0.3, 0.4) is 0 Å².